The summed E-state index contributed by atoms with van der Waals surface area (Å²) in [6, 6.07) is 1.21. The summed E-state index contributed by atoms with van der Waals surface area (Å²) >= 11 is 0. The lowest BCUT2D eigenvalue weighted by Crippen LogP contribution is -2.42. The first kappa shape index (κ1) is 15.9. The van der Waals surface area contributed by atoms with Crippen LogP contribution in [0.1, 0.15) is 32.8 Å². The Labute approximate surface area is 117 Å². The number of anilines is 1. The minimum atomic E-state index is -0.481. The van der Waals surface area contributed by atoms with Crippen LogP contribution < -0.4 is 10.6 Å². The fourth-order valence-electron chi connectivity index (χ4n) is 1.58. The molecule has 0 fully saturated rings. The van der Waals surface area contributed by atoms with Crippen molar-refractivity contribution >= 4 is 17.4 Å². The SMILES string of the molecule is CCC(C)NC(=O)C(C)Nc1cc(C)c([N+](=O)[O-])cn1. The average molecular weight is 280 g/mol. The summed E-state index contributed by atoms with van der Waals surface area (Å²) in [5.74, 6) is 0.317. The zero-order valence-corrected chi connectivity index (χ0v) is 12.1. The number of rotatable bonds is 6. The van der Waals surface area contributed by atoms with Crippen LogP contribution in [0, 0.1) is 17.0 Å². The highest BCUT2D eigenvalue weighted by atomic mass is 16.6. The van der Waals surface area contributed by atoms with Crippen LogP contribution >= 0.6 is 0 Å². The van der Waals surface area contributed by atoms with Crippen molar-refractivity contribution in [2.75, 3.05) is 5.32 Å². The third-order valence-electron chi connectivity index (χ3n) is 3.04. The van der Waals surface area contributed by atoms with Gasteiger partial charge in [0, 0.05) is 11.6 Å². The molecule has 7 heteroatoms. The van der Waals surface area contributed by atoms with E-state index in [0.717, 1.165) is 6.42 Å². The number of hydrogen-bond acceptors (Lipinski definition) is 5. The van der Waals surface area contributed by atoms with Gasteiger partial charge in [-0.1, -0.05) is 6.92 Å². The lowest BCUT2D eigenvalue weighted by Gasteiger charge is -2.17. The Balaban J connectivity index is 2.71. The molecule has 20 heavy (non-hydrogen) atoms. The molecule has 0 spiro atoms. The second kappa shape index (κ2) is 6.83. The largest absolute Gasteiger partial charge is 0.359 e. The van der Waals surface area contributed by atoms with Crippen LogP contribution in [0.4, 0.5) is 11.5 Å². The van der Waals surface area contributed by atoms with E-state index in [4.69, 9.17) is 0 Å². The predicted octanol–water partition coefficient (Wildman–Crippen LogP) is 2.01. The highest BCUT2D eigenvalue weighted by Gasteiger charge is 2.16. The van der Waals surface area contributed by atoms with Gasteiger partial charge < -0.3 is 10.6 Å². The molecule has 1 heterocycles. The molecule has 1 rings (SSSR count). The summed E-state index contributed by atoms with van der Waals surface area (Å²) in [6.07, 6.45) is 2.05. The van der Waals surface area contributed by atoms with E-state index < -0.39 is 11.0 Å². The van der Waals surface area contributed by atoms with Crippen LogP contribution in [0.15, 0.2) is 12.3 Å². The molecule has 2 unspecified atom stereocenters. The molecule has 1 aromatic heterocycles. The van der Waals surface area contributed by atoms with Crippen LogP contribution in [-0.2, 0) is 4.79 Å². The van der Waals surface area contributed by atoms with E-state index in [1.54, 1.807) is 19.9 Å². The van der Waals surface area contributed by atoms with Gasteiger partial charge in [-0.05, 0) is 33.3 Å². The van der Waals surface area contributed by atoms with E-state index in [9.17, 15) is 14.9 Å². The second-order valence-electron chi connectivity index (χ2n) is 4.80. The van der Waals surface area contributed by atoms with Crippen LogP contribution in [0.5, 0.6) is 0 Å². The molecule has 0 saturated heterocycles. The Bertz CT molecular complexity index is 504. The van der Waals surface area contributed by atoms with Crippen molar-refractivity contribution in [2.45, 2.75) is 46.2 Å². The van der Waals surface area contributed by atoms with Gasteiger partial charge in [-0.3, -0.25) is 14.9 Å². The molecule has 7 nitrogen and oxygen atoms in total. The van der Waals surface area contributed by atoms with Crippen LogP contribution in [-0.4, -0.2) is 27.9 Å². The number of nitro groups is 1. The molecule has 0 bridgehead atoms. The van der Waals surface area contributed by atoms with Crippen LogP contribution in [0.25, 0.3) is 0 Å². The highest BCUT2D eigenvalue weighted by Crippen LogP contribution is 2.19. The van der Waals surface area contributed by atoms with Crippen molar-refractivity contribution in [3.8, 4) is 0 Å². The van der Waals surface area contributed by atoms with E-state index in [-0.39, 0.29) is 17.6 Å². The molecule has 0 aliphatic rings. The summed E-state index contributed by atoms with van der Waals surface area (Å²) in [6.45, 7) is 7.27. The molecule has 0 radical (unpaired) electrons. The second-order valence-corrected chi connectivity index (χ2v) is 4.80. The fourth-order valence-corrected chi connectivity index (χ4v) is 1.58. The Morgan fingerprint density at radius 2 is 2.15 bits per heavy atom. The predicted molar refractivity (Wildman–Crippen MR) is 76.6 cm³/mol. The van der Waals surface area contributed by atoms with E-state index in [1.807, 2.05) is 13.8 Å². The molecule has 1 amide bonds. The maximum Gasteiger partial charge on any atom is 0.290 e. The Morgan fingerprint density at radius 1 is 1.50 bits per heavy atom. The smallest absolute Gasteiger partial charge is 0.290 e. The number of aromatic nitrogens is 1. The average Bonchev–Trinajstić information content (AvgIpc) is 2.37. The van der Waals surface area contributed by atoms with Crippen molar-refractivity contribution in [3.05, 3.63) is 27.9 Å². The van der Waals surface area contributed by atoms with Crippen molar-refractivity contribution in [2.24, 2.45) is 0 Å². The lowest BCUT2D eigenvalue weighted by atomic mass is 10.2. The van der Waals surface area contributed by atoms with Gasteiger partial charge in [0.25, 0.3) is 5.69 Å². The molecule has 2 N–H and O–H groups in total. The lowest BCUT2D eigenvalue weighted by molar-refractivity contribution is -0.385. The standard InChI is InChI=1S/C13H20N4O3/c1-5-9(3)15-13(18)10(4)16-12-6-8(2)11(7-14-12)17(19)20/h6-7,9-10H,5H2,1-4H3,(H,14,16)(H,15,18). The topological polar surface area (TPSA) is 97.2 Å². The number of pyridine rings is 1. The number of nitrogens with zero attached hydrogens (tertiary/aromatic N) is 2. The van der Waals surface area contributed by atoms with E-state index >= 15 is 0 Å². The van der Waals surface area contributed by atoms with E-state index in [0.29, 0.717) is 11.4 Å². The van der Waals surface area contributed by atoms with Crippen LogP contribution in [0.2, 0.25) is 0 Å². The first-order valence-electron chi connectivity index (χ1n) is 6.53. The van der Waals surface area contributed by atoms with Crippen molar-refractivity contribution in [3.63, 3.8) is 0 Å². The highest BCUT2D eigenvalue weighted by molar-refractivity contribution is 5.84. The Kier molecular flexibility index (Phi) is 5.42. The quantitative estimate of drug-likeness (QED) is 0.613. The van der Waals surface area contributed by atoms with Crippen molar-refractivity contribution < 1.29 is 9.72 Å². The molecule has 1 aromatic rings. The third kappa shape index (κ3) is 4.18. The Hall–Kier alpha value is -2.18. The van der Waals surface area contributed by atoms with Crippen molar-refractivity contribution in [1.29, 1.82) is 0 Å². The minimum Gasteiger partial charge on any atom is -0.359 e. The summed E-state index contributed by atoms with van der Waals surface area (Å²) in [7, 11) is 0. The number of nitrogens with one attached hydrogen (secondary N) is 2. The van der Waals surface area contributed by atoms with Gasteiger partial charge in [-0.25, -0.2) is 4.98 Å². The molecule has 0 aliphatic carbocycles. The minimum absolute atomic E-state index is 0.0349. The number of hydrogen-bond donors (Lipinski definition) is 2. The van der Waals surface area contributed by atoms with Gasteiger partial charge >= 0.3 is 0 Å². The molecular weight excluding hydrogens is 260 g/mol. The van der Waals surface area contributed by atoms with Crippen molar-refractivity contribution in [1.82, 2.24) is 10.3 Å². The van der Waals surface area contributed by atoms with Gasteiger partial charge in [-0.2, -0.15) is 0 Å². The van der Waals surface area contributed by atoms with E-state index in [2.05, 4.69) is 15.6 Å². The van der Waals surface area contributed by atoms with Gasteiger partial charge in [0.1, 0.15) is 18.1 Å². The number of carbonyl (C=O) groups excluding carboxylic acids is 1. The normalized spacial score (nSPS) is 13.4. The van der Waals surface area contributed by atoms with Gasteiger partial charge in [0.15, 0.2) is 0 Å². The number of amides is 1. The first-order chi connectivity index (χ1) is 9.35. The summed E-state index contributed by atoms with van der Waals surface area (Å²) < 4.78 is 0. The Morgan fingerprint density at radius 3 is 2.65 bits per heavy atom. The molecule has 0 aliphatic heterocycles. The summed E-state index contributed by atoms with van der Waals surface area (Å²) in [5, 5.41) is 16.5. The molecule has 110 valence electrons. The maximum atomic E-state index is 11.9. The fraction of sp³-hybridized carbons (Fsp3) is 0.538. The molecule has 2 atom stereocenters. The zero-order chi connectivity index (χ0) is 15.3. The molecule has 0 saturated carbocycles. The molecular formula is C13H20N4O3. The van der Waals surface area contributed by atoms with Crippen LogP contribution in [0.3, 0.4) is 0 Å². The monoisotopic (exact) mass is 280 g/mol. The summed E-state index contributed by atoms with van der Waals surface area (Å²) in [4.78, 5) is 26.0. The third-order valence-corrected chi connectivity index (χ3v) is 3.04. The first-order valence-corrected chi connectivity index (χ1v) is 6.53. The summed E-state index contributed by atoms with van der Waals surface area (Å²) in [5.41, 5.74) is 0.467. The zero-order valence-electron chi connectivity index (χ0n) is 12.1. The number of aryl methyl sites for hydroxylation is 1. The maximum absolute atomic E-state index is 11.9. The van der Waals surface area contributed by atoms with Gasteiger partial charge in [0.05, 0.1) is 4.92 Å². The molecule has 0 aromatic carbocycles. The van der Waals surface area contributed by atoms with E-state index in [1.165, 1.54) is 6.20 Å². The number of carbonyl (C=O) groups is 1. The van der Waals surface area contributed by atoms with Gasteiger partial charge in [0.2, 0.25) is 5.91 Å². The van der Waals surface area contributed by atoms with Gasteiger partial charge in [-0.15, -0.1) is 0 Å².